The number of nitrogens with one attached hydrogen (secondary N) is 1. The third-order valence-corrected chi connectivity index (χ3v) is 4.70. The lowest BCUT2D eigenvalue weighted by molar-refractivity contribution is -0.0892. The fourth-order valence-corrected chi connectivity index (χ4v) is 3.40. The fraction of sp³-hybridized carbons (Fsp3) is 1.00. The third-order valence-electron chi connectivity index (χ3n) is 4.70. The van der Waals surface area contributed by atoms with Crippen LogP contribution in [0.3, 0.4) is 0 Å². The molecule has 0 aromatic carbocycles. The first kappa shape index (κ1) is 16.3. The Balaban J connectivity index is 1.51. The van der Waals surface area contributed by atoms with Crippen LogP contribution >= 0.6 is 0 Å². The van der Waals surface area contributed by atoms with Crippen molar-refractivity contribution in [3.8, 4) is 0 Å². The van der Waals surface area contributed by atoms with Gasteiger partial charge < -0.3 is 14.8 Å². The number of unbranched alkanes of at least 4 members (excludes halogenated alkanes) is 3. The molecule has 2 atom stereocenters. The van der Waals surface area contributed by atoms with Gasteiger partial charge in [-0.15, -0.1) is 0 Å². The number of hydrogen-bond donors (Lipinski definition) is 1. The summed E-state index contributed by atoms with van der Waals surface area (Å²) in [5.74, 6) is 0.861. The molecule has 2 saturated heterocycles. The molecular formula is C17H33NO2. The quantitative estimate of drug-likeness (QED) is 0.691. The molecule has 0 radical (unpaired) electrons. The van der Waals surface area contributed by atoms with Crippen molar-refractivity contribution in [3.63, 3.8) is 0 Å². The predicted octanol–water partition coefficient (Wildman–Crippen LogP) is 3.52. The number of hydrogen-bond acceptors (Lipinski definition) is 3. The van der Waals surface area contributed by atoms with Crippen molar-refractivity contribution in [3.05, 3.63) is 0 Å². The van der Waals surface area contributed by atoms with Crippen molar-refractivity contribution >= 4 is 0 Å². The van der Waals surface area contributed by atoms with Gasteiger partial charge in [0.05, 0.1) is 12.2 Å². The largest absolute Gasteiger partial charge is 0.378 e. The van der Waals surface area contributed by atoms with E-state index in [4.69, 9.17) is 9.47 Å². The van der Waals surface area contributed by atoms with Crippen LogP contribution in [0.15, 0.2) is 0 Å². The maximum Gasteiger partial charge on any atom is 0.0951 e. The van der Waals surface area contributed by atoms with Gasteiger partial charge in [0.25, 0.3) is 0 Å². The molecule has 0 saturated carbocycles. The van der Waals surface area contributed by atoms with E-state index in [9.17, 15) is 0 Å². The first-order chi connectivity index (χ1) is 9.70. The standard InChI is InChI=1S/C17H33NO2/c1-15(2)7-5-3-4-6-10-18-16-8-11-20-17(13-16)9-12-19-14-17/h15-16,18H,3-14H2,1-2H3. The second-order valence-corrected chi connectivity index (χ2v) is 7.07. The van der Waals surface area contributed by atoms with Gasteiger partial charge in [-0.2, -0.15) is 0 Å². The van der Waals surface area contributed by atoms with Crippen molar-refractivity contribution in [1.82, 2.24) is 5.32 Å². The summed E-state index contributed by atoms with van der Waals surface area (Å²) in [6.07, 6.45) is 10.3. The molecule has 2 aliphatic rings. The molecule has 1 N–H and O–H groups in total. The van der Waals surface area contributed by atoms with E-state index in [0.717, 1.165) is 45.0 Å². The van der Waals surface area contributed by atoms with Gasteiger partial charge in [-0.1, -0.05) is 39.5 Å². The number of rotatable bonds is 8. The van der Waals surface area contributed by atoms with E-state index in [1.54, 1.807) is 0 Å². The average molecular weight is 283 g/mol. The molecule has 2 heterocycles. The second-order valence-electron chi connectivity index (χ2n) is 7.07. The lowest BCUT2D eigenvalue weighted by Crippen LogP contribution is -2.47. The summed E-state index contributed by atoms with van der Waals surface area (Å²) in [6, 6.07) is 0.640. The summed E-state index contributed by atoms with van der Waals surface area (Å²) in [5, 5.41) is 3.74. The molecule has 0 bridgehead atoms. The molecule has 118 valence electrons. The van der Waals surface area contributed by atoms with E-state index >= 15 is 0 Å². The van der Waals surface area contributed by atoms with Crippen LogP contribution in [-0.4, -0.2) is 38.0 Å². The van der Waals surface area contributed by atoms with E-state index in [1.807, 2.05) is 0 Å². The minimum atomic E-state index is 0.0488. The Kier molecular flexibility index (Phi) is 6.79. The van der Waals surface area contributed by atoms with Crippen molar-refractivity contribution in [2.45, 2.75) is 76.9 Å². The van der Waals surface area contributed by atoms with Crippen LogP contribution in [0.1, 0.15) is 65.2 Å². The van der Waals surface area contributed by atoms with Crippen LogP contribution in [-0.2, 0) is 9.47 Å². The first-order valence-corrected chi connectivity index (χ1v) is 8.65. The summed E-state index contributed by atoms with van der Waals surface area (Å²) in [4.78, 5) is 0. The Bertz CT molecular complexity index is 262. The first-order valence-electron chi connectivity index (χ1n) is 8.65. The molecule has 0 aromatic heterocycles. The molecule has 3 heteroatoms. The molecule has 1 spiro atoms. The fourth-order valence-electron chi connectivity index (χ4n) is 3.40. The molecule has 2 fully saturated rings. The predicted molar refractivity (Wildman–Crippen MR) is 83.1 cm³/mol. The van der Waals surface area contributed by atoms with Crippen molar-refractivity contribution in [2.75, 3.05) is 26.4 Å². The Labute approximate surface area is 124 Å². The molecule has 20 heavy (non-hydrogen) atoms. The normalized spacial score (nSPS) is 30.4. The summed E-state index contributed by atoms with van der Waals surface area (Å²) in [7, 11) is 0. The van der Waals surface area contributed by atoms with Crippen molar-refractivity contribution in [1.29, 1.82) is 0 Å². The Morgan fingerprint density at radius 2 is 2.00 bits per heavy atom. The smallest absolute Gasteiger partial charge is 0.0951 e. The van der Waals surface area contributed by atoms with Crippen LogP contribution < -0.4 is 5.32 Å². The van der Waals surface area contributed by atoms with E-state index in [2.05, 4.69) is 19.2 Å². The maximum absolute atomic E-state index is 5.97. The summed E-state index contributed by atoms with van der Waals surface area (Å²) >= 11 is 0. The molecule has 2 unspecified atom stereocenters. The zero-order chi connectivity index (χ0) is 14.3. The van der Waals surface area contributed by atoms with Gasteiger partial charge in [-0.3, -0.25) is 0 Å². The Hall–Kier alpha value is -0.120. The summed E-state index contributed by atoms with van der Waals surface area (Å²) in [6.45, 7) is 8.38. The summed E-state index contributed by atoms with van der Waals surface area (Å²) < 4.78 is 11.5. The van der Waals surface area contributed by atoms with E-state index < -0.39 is 0 Å². The lowest BCUT2D eigenvalue weighted by atomic mass is 9.89. The van der Waals surface area contributed by atoms with Crippen LogP contribution in [0, 0.1) is 5.92 Å². The van der Waals surface area contributed by atoms with Gasteiger partial charge >= 0.3 is 0 Å². The Morgan fingerprint density at radius 1 is 1.15 bits per heavy atom. The third kappa shape index (κ3) is 5.34. The van der Waals surface area contributed by atoms with Crippen LogP contribution in [0.5, 0.6) is 0 Å². The second kappa shape index (κ2) is 8.35. The van der Waals surface area contributed by atoms with Gasteiger partial charge in [-0.05, 0) is 31.7 Å². The molecule has 0 aromatic rings. The minimum absolute atomic E-state index is 0.0488. The van der Waals surface area contributed by atoms with Gasteiger partial charge in [0.2, 0.25) is 0 Å². The highest BCUT2D eigenvalue weighted by Gasteiger charge is 2.40. The van der Waals surface area contributed by atoms with Crippen LogP contribution in [0.2, 0.25) is 0 Å². The minimum Gasteiger partial charge on any atom is -0.378 e. The zero-order valence-electron chi connectivity index (χ0n) is 13.5. The topological polar surface area (TPSA) is 30.5 Å². The highest BCUT2D eigenvalue weighted by molar-refractivity contribution is 4.92. The van der Waals surface area contributed by atoms with Gasteiger partial charge in [0, 0.05) is 25.7 Å². The molecule has 2 rings (SSSR count). The highest BCUT2D eigenvalue weighted by atomic mass is 16.6. The van der Waals surface area contributed by atoms with E-state index in [0.29, 0.717) is 6.04 Å². The molecule has 0 aliphatic carbocycles. The molecule has 0 amide bonds. The monoisotopic (exact) mass is 283 g/mol. The SMILES string of the molecule is CC(C)CCCCCCNC1CCOC2(CCOC2)C1. The van der Waals surface area contributed by atoms with Crippen molar-refractivity contribution < 1.29 is 9.47 Å². The highest BCUT2D eigenvalue weighted by Crippen LogP contribution is 2.32. The van der Waals surface area contributed by atoms with Crippen molar-refractivity contribution in [2.24, 2.45) is 5.92 Å². The van der Waals surface area contributed by atoms with E-state index in [1.165, 1.54) is 38.6 Å². The average Bonchev–Trinajstić information content (AvgIpc) is 2.85. The Morgan fingerprint density at radius 3 is 2.75 bits per heavy atom. The van der Waals surface area contributed by atoms with Crippen LogP contribution in [0.4, 0.5) is 0 Å². The summed E-state index contributed by atoms with van der Waals surface area (Å²) in [5.41, 5.74) is 0.0488. The molecule has 2 aliphatic heterocycles. The zero-order valence-corrected chi connectivity index (χ0v) is 13.5. The van der Waals surface area contributed by atoms with Crippen LogP contribution in [0.25, 0.3) is 0 Å². The molecular weight excluding hydrogens is 250 g/mol. The molecule has 3 nitrogen and oxygen atoms in total. The van der Waals surface area contributed by atoms with Gasteiger partial charge in [-0.25, -0.2) is 0 Å². The maximum atomic E-state index is 5.97. The van der Waals surface area contributed by atoms with Gasteiger partial charge in [0.1, 0.15) is 0 Å². The lowest BCUT2D eigenvalue weighted by Gasteiger charge is -2.37. The number of ether oxygens (including phenoxy) is 2. The van der Waals surface area contributed by atoms with E-state index in [-0.39, 0.29) is 5.60 Å². The van der Waals surface area contributed by atoms with Gasteiger partial charge in [0.15, 0.2) is 0 Å².